The predicted molar refractivity (Wildman–Crippen MR) is 75.9 cm³/mol. The first kappa shape index (κ1) is 13.0. The zero-order chi connectivity index (χ0) is 13.0. The van der Waals surface area contributed by atoms with Gasteiger partial charge in [0.1, 0.15) is 0 Å². The van der Waals surface area contributed by atoms with Gasteiger partial charge in [-0.05, 0) is 29.4 Å². The molecule has 0 fully saturated rings. The zero-order valence-electron chi connectivity index (χ0n) is 11.1. The summed E-state index contributed by atoms with van der Waals surface area (Å²) in [7, 11) is 0. The molecule has 3 nitrogen and oxygen atoms in total. The molecule has 0 radical (unpaired) electrons. The lowest BCUT2D eigenvalue weighted by atomic mass is 9.92. The summed E-state index contributed by atoms with van der Waals surface area (Å²) in [4.78, 5) is 4.16. The molecular weight excluding hydrogens is 222 g/mol. The molecular formula is C15H21N3. The van der Waals surface area contributed by atoms with Crippen molar-refractivity contribution in [1.29, 1.82) is 0 Å². The zero-order valence-corrected chi connectivity index (χ0v) is 11.1. The molecule has 0 saturated heterocycles. The molecule has 0 amide bonds. The molecule has 0 aliphatic carbocycles. The van der Waals surface area contributed by atoms with E-state index < -0.39 is 0 Å². The van der Waals surface area contributed by atoms with Gasteiger partial charge >= 0.3 is 0 Å². The van der Waals surface area contributed by atoms with Gasteiger partial charge in [0.2, 0.25) is 0 Å². The standard InChI is InChI=1S/C15H21N3/c1-3-11(2)9-15(18-16)14-6-4-5-12-10-17-8-7-13(12)14/h4-8,10-11,15,18H,3,9,16H2,1-2H3. The van der Waals surface area contributed by atoms with E-state index in [1.807, 2.05) is 12.4 Å². The van der Waals surface area contributed by atoms with Gasteiger partial charge in [0.15, 0.2) is 0 Å². The van der Waals surface area contributed by atoms with E-state index >= 15 is 0 Å². The first-order valence-electron chi connectivity index (χ1n) is 6.55. The van der Waals surface area contributed by atoms with E-state index in [4.69, 9.17) is 5.84 Å². The van der Waals surface area contributed by atoms with E-state index in [1.54, 1.807) is 0 Å². The van der Waals surface area contributed by atoms with Gasteiger partial charge in [0, 0.05) is 23.8 Å². The second-order valence-electron chi connectivity index (χ2n) is 4.91. The summed E-state index contributed by atoms with van der Waals surface area (Å²) in [6.07, 6.45) is 5.96. The van der Waals surface area contributed by atoms with Crippen LogP contribution in [0.3, 0.4) is 0 Å². The minimum Gasteiger partial charge on any atom is -0.271 e. The Bertz CT molecular complexity index is 505. The van der Waals surface area contributed by atoms with Crippen LogP contribution in [0.2, 0.25) is 0 Å². The summed E-state index contributed by atoms with van der Waals surface area (Å²) < 4.78 is 0. The minimum absolute atomic E-state index is 0.200. The normalized spacial score (nSPS) is 14.6. The van der Waals surface area contributed by atoms with Crippen molar-refractivity contribution < 1.29 is 0 Å². The molecule has 2 rings (SSSR count). The summed E-state index contributed by atoms with van der Waals surface area (Å²) in [5.74, 6) is 6.39. The molecule has 0 aliphatic heterocycles. The van der Waals surface area contributed by atoms with Crippen LogP contribution in [-0.4, -0.2) is 4.98 Å². The van der Waals surface area contributed by atoms with Gasteiger partial charge in [-0.1, -0.05) is 38.5 Å². The Morgan fingerprint density at radius 1 is 1.33 bits per heavy atom. The SMILES string of the molecule is CCC(C)CC(NN)c1cccc2cnccc12. The van der Waals surface area contributed by atoms with Crippen LogP contribution in [0.15, 0.2) is 36.7 Å². The fourth-order valence-corrected chi connectivity index (χ4v) is 2.31. The Kier molecular flexibility index (Phi) is 4.28. The van der Waals surface area contributed by atoms with Crippen LogP contribution in [0.25, 0.3) is 10.8 Å². The summed E-state index contributed by atoms with van der Waals surface area (Å²) in [6, 6.07) is 8.56. The molecule has 2 unspecified atom stereocenters. The molecule has 3 N–H and O–H groups in total. The van der Waals surface area contributed by atoms with Crippen molar-refractivity contribution in [2.24, 2.45) is 11.8 Å². The van der Waals surface area contributed by atoms with Crippen LogP contribution < -0.4 is 11.3 Å². The largest absolute Gasteiger partial charge is 0.271 e. The summed E-state index contributed by atoms with van der Waals surface area (Å²) in [5, 5.41) is 2.40. The second-order valence-corrected chi connectivity index (χ2v) is 4.91. The number of rotatable bonds is 5. The Balaban J connectivity index is 2.38. The van der Waals surface area contributed by atoms with Crippen LogP contribution in [0.4, 0.5) is 0 Å². The fraction of sp³-hybridized carbons (Fsp3) is 0.400. The maximum Gasteiger partial charge on any atom is 0.0468 e. The quantitative estimate of drug-likeness (QED) is 0.626. The third-order valence-electron chi connectivity index (χ3n) is 3.63. The molecule has 18 heavy (non-hydrogen) atoms. The number of benzene rings is 1. The Morgan fingerprint density at radius 2 is 2.17 bits per heavy atom. The topological polar surface area (TPSA) is 50.9 Å². The first-order chi connectivity index (χ1) is 8.76. The number of hydrogen-bond donors (Lipinski definition) is 2. The number of aromatic nitrogens is 1. The molecule has 3 heteroatoms. The molecule has 0 spiro atoms. The molecule has 2 aromatic rings. The van der Waals surface area contributed by atoms with Gasteiger partial charge in [-0.15, -0.1) is 0 Å². The van der Waals surface area contributed by atoms with Crippen LogP contribution in [0, 0.1) is 5.92 Å². The Hall–Kier alpha value is -1.45. The van der Waals surface area contributed by atoms with E-state index in [2.05, 4.69) is 48.5 Å². The van der Waals surface area contributed by atoms with Gasteiger partial charge in [-0.25, -0.2) is 0 Å². The van der Waals surface area contributed by atoms with Crippen molar-refractivity contribution in [3.63, 3.8) is 0 Å². The van der Waals surface area contributed by atoms with Crippen LogP contribution in [0.5, 0.6) is 0 Å². The van der Waals surface area contributed by atoms with E-state index in [9.17, 15) is 0 Å². The van der Waals surface area contributed by atoms with E-state index in [0.29, 0.717) is 5.92 Å². The fourth-order valence-electron chi connectivity index (χ4n) is 2.31. The van der Waals surface area contributed by atoms with Crippen LogP contribution in [-0.2, 0) is 0 Å². The molecule has 2 atom stereocenters. The van der Waals surface area contributed by atoms with Gasteiger partial charge in [-0.3, -0.25) is 16.3 Å². The third-order valence-corrected chi connectivity index (χ3v) is 3.63. The van der Waals surface area contributed by atoms with Crippen molar-refractivity contribution in [2.75, 3.05) is 0 Å². The number of hydrazine groups is 1. The lowest BCUT2D eigenvalue weighted by Gasteiger charge is -2.21. The smallest absolute Gasteiger partial charge is 0.0468 e. The highest BCUT2D eigenvalue weighted by Crippen LogP contribution is 2.28. The number of nitrogens with one attached hydrogen (secondary N) is 1. The van der Waals surface area contributed by atoms with Crippen LogP contribution >= 0.6 is 0 Å². The highest BCUT2D eigenvalue weighted by molar-refractivity contribution is 5.85. The number of fused-ring (bicyclic) bond motifs is 1. The molecule has 1 heterocycles. The molecule has 1 aromatic heterocycles. The lowest BCUT2D eigenvalue weighted by molar-refractivity contribution is 0.409. The maximum absolute atomic E-state index is 5.73. The van der Waals surface area contributed by atoms with Gasteiger partial charge < -0.3 is 0 Å². The summed E-state index contributed by atoms with van der Waals surface area (Å²) >= 11 is 0. The van der Waals surface area contributed by atoms with E-state index in [-0.39, 0.29) is 6.04 Å². The minimum atomic E-state index is 0.200. The maximum atomic E-state index is 5.73. The number of nitrogens with two attached hydrogens (primary N) is 1. The van der Waals surface area contributed by atoms with E-state index in [0.717, 1.165) is 6.42 Å². The first-order valence-corrected chi connectivity index (χ1v) is 6.55. The van der Waals surface area contributed by atoms with Crippen molar-refractivity contribution in [3.8, 4) is 0 Å². The van der Waals surface area contributed by atoms with Crippen molar-refractivity contribution in [1.82, 2.24) is 10.4 Å². The highest BCUT2D eigenvalue weighted by Gasteiger charge is 2.15. The van der Waals surface area contributed by atoms with E-state index in [1.165, 1.54) is 22.8 Å². The second kappa shape index (κ2) is 5.94. The molecule has 0 aliphatic rings. The predicted octanol–water partition coefficient (Wildman–Crippen LogP) is 3.18. The Labute approximate surface area is 108 Å². The lowest BCUT2D eigenvalue weighted by Crippen LogP contribution is -2.29. The number of nitrogens with zero attached hydrogens (tertiary/aromatic N) is 1. The Morgan fingerprint density at radius 3 is 2.89 bits per heavy atom. The van der Waals surface area contributed by atoms with Crippen LogP contribution in [0.1, 0.15) is 38.3 Å². The van der Waals surface area contributed by atoms with Gasteiger partial charge in [0.25, 0.3) is 0 Å². The highest BCUT2D eigenvalue weighted by atomic mass is 15.2. The molecule has 1 aromatic carbocycles. The van der Waals surface area contributed by atoms with Gasteiger partial charge in [-0.2, -0.15) is 0 Å². The van der Waals surface area contributed by atoms with Crippen molar-refractivity contribution in [2.45, 2.75) is 32.7 Å². The summed E-state index contributed by atoms with van der Waals surface area (Å²) in [5.41, 5.74) is 4.22. The van der Waals surface area contributed by atoms with Crippen molar-refractivity contribution in [3.05, 3.63) is 42.2 Å². The summed E-state index contributed by atoms with van der Waals surface area (Å²) in [6.45, 7) is 4.47. The molecule has 0 bridgehead atoms. The molecule has 0 saturated carbocycles. The monoisotopic (exact) mass is 243 g/mol. The molecule has 96 valence electrons. The number of hydrogen-bond acceptors (Lipinski definition) is 3. The average molecular weight is 243 g/mol. The van der Waals surface area contributed by atoms with Gasteiger partial charge in [0.05, 0.1) is 0 Å². The van der Waals surface area contributed by atoms with Crippen molar-refractivity contribution >= 4 is 10.8 Å². The number of pyridine rings is 1. The average Bonchev–Trinajstić information content (AvgIpc) is 2.44. The third kappa shape index (κ3) is 2.68.